The topological polar surface area (TPSA) is 54.4 Å². The zero-order chi connectivity index (χ0) is 10.0. The fourth-order valence-corrected chi connectivity index (χ4v) is 2.35. The molecule has 0 heterocycles. The van der Waals surface area contributed by atoms with Crippen molar-refractivity contribution in [3.8, 4) is 0 Å². The standard InChI is InChI=1S/C10H16O3/c1-6-3-4-8(7(2)5-11)9(6)10(12)13/h5-9H,3-4H2,1-2H3,(H,12,13)/t6-,7-,8-,9+/m0/s1. The van der Waals surface area contributed by atoms with Gasteiger partial charge in [-0.1, -0.05) is 13.8 Å². The highest BCUT2D eigenvalue weighted by Crippen LogP contribution is 2.40. The number of rotatable bonds is 3. The second kappa shape index (κ2) is 3.90. The van der Waals surface area contributed by atoms with Gasteiger partial charge >= 0.3 is 5.97 Å². The Balaban J connectivity index is 2.75. The second-order valence-corrected chi connectivity index (χ2v) is 4.08. The third kappa shape index (κ3) is 1.90. The highest BCUT2D eigenvalue weighted by molar-refractivity contribution is 5.72. The molecule has 1 N–H and O–H groups in total. The number of carbonyl (C=O) groups excluding carboxylic acids is 1. The van der Waals surface area contributed by atoms with E-state index >= 15 is 0 Å². The number of aldehydes is 1. The number of carboxylic acid groups (broad SMARTS) is 1. The molecule has 0 spiro atoms. The van der Waals surface area contributed by atoms with E-state index in [0.717, 1.165) is 19.1 Å². The van der Waals surface area contributed by atoms with E-state index < -0.39 is 5.97 Å². The average molecular weight is 184 g/mol. The molecular weight excluding hydrogens is 168 g/mol. The molecule has 0 bridgehead atoms. The van der Waals surface area contributed by atoms with Crippen LogP contribution >= 0.6 is 0 Å². The van der Waals surface area contributed by atoms with Crippen molar-refractivity contribution < 1.29 is 14.7 Å². The molecule has 0 radical (unpaired) electrons. The Morgan fingerprint density at radius 3 is 2.62 bits per heavy atom. The van der Waals surface area contributed by atoms with Gasteiger partial charge in [-0.05, 0) is 24.7 Å². The van der Waals surface area contributed by atoms with Gasteiger partial charge in [-0.15, -0.1) is 0 Å². The summed E-state index contributed by atoms with van der Waals surface area (Å²) < 4.78 is 0. The van der Waals surface area contributed by atoms with Crippen LogP contribution in [0.4, 0.5) is 0 Å². The van der Waals surface area contributed by atoms with E-state index in [1.54, 1.807) is 0 Å². The van der Waals surface area contributed by atoms with Crippen molar-refractivity contribution in [1.82, 2.24) is 0 Å². The highest BCUT2D eigenvalue weighted by atomic mass is 16.4. The predicted octanol–water partition coefficient (Wildman–Crippen LogP) is 1.57. The Kier molecular flexibility index (Phi) is 3.07. The molecular formula is C10H16O3. The number of carboxylic acids is 1. The molecule has 1 aliphatic carbocycles. The molecule has 3 heteroatoms. The summed E-state index contributed by atoms with van der Waals surface area (Å²) in [6, 6.07) is 0. The van der Waals surface area contributed by atoms with E-state index in [9.17, 15) is 9.59 Å². The Morgan fingerprint density at radius 2 is 2.15 bits per heavy atom. The first-order valence-electron chi connectivity index (χ1n) is 4.76. The summed E-state index contributed by atoms with van der Waals surface area (Å²) in [5.74, 6) is -0.926. The van der Waals surface area contributed by atoms with Crippen LogP contribution in [0.3, 0.4) is 0 Å². The molecule has 0 saturated heterocycles. The summed E-state index contributed by atoms with van der Waals surface area (Å²) in [6.07, 6.45) is 2.68. The summed E-state index contributed by atoms with van der Waals surface area (Å²) in [6.45, 7) is 3.77. The molecule has 1 saturated carbocycles. The van der Waals surface area contributed by atoms with E-state index in [0.29, 0.717) is 0 Å². The largest absolute Gasteiger partial charge is 0.481 e. The predicted molar refractivity (Wildman–Crippen MR) is 48.2 cm³/mol. The van der Waals surface area contributed by atoms with Crippen LogP contribution in [-0.2, 0) is 9.59 Å². The van der Waals surface area contributed by atoms with Crippen molar-refractivity contribution >= 4 is 12.3 Å². The first-order chi connectivity index (χ1) is 6.07. The Hall–Kier alpha value is -0.860. The SMILES string of the molecule is C[C@@H](C=O)[C@@H]1CC[C@H](C)[C@H]1C(=O)O. The maximum atomic E-state index is 10.9. The van der Waals surface area contributed by atoms with E-state index in [1.165, 1.54) is 0 Å². The van der Waals surface area contributed by atoms with Crippen LogP contribution in [0, 0.1) is 23.7 Å². The molecule has 1 fully saturated rings. The lowest BCUT2D eigenvalue weighted by molar-refractivity contribution is -0.145. The Morgan fingerprint density at radius 1 is 1.54 bits per heavy atom. The van der Waals surface area contributed by atoms with E-state index in [4.69, 9.17) is 5.11 Å². The van der Waals surface area contributed by atoms with Crippen molar-refractivity contribution in [3.63, 3.8) is 0 Å². The molecule has 0 aromatic carbocycles. The summed E-state index contributed by atoms with van der Waals surface area (Å²) >= 11 is 0. The quantitative estimate of drug-likeness (QED) is 0.677. The van der Waals surface area contributed by atoms with Gasteiger partial charge in [0.05, 0.1) is 5.92 Å². The molecule has 1 rings (SSSR count). The first kappa shape index (κ1) is 10.2. The van der Waals surface area contributed by atoms with Gasteiger partial charge in [-0.2, -0.15) is 0 Å². The first-order valence-corrected chi connectivity index (χ1v) is 4.76. The van der Waals surface area contributed by atoms with Gasteiger partial charge in [0.2, 0.25) is 0 Å². The van der Waals surface area contributed by atoms with Crippen LogP contribution in [0.15, 0.2) is 0 Å². The van der Waals surface area contributed by atoms with Gasteiger partial charge in [-0.25, -0.2) is 0 Å². The Labute approximate surface area is 78.1 Å². The van der Waals surface area contributed by atoms with Crippen LogP contribution in [-0.4, -0.2) is 17.4 Å². The third-order valence-corrected chi connectivity index (χ3v) is 3.20. The molecule has 0 aromatic heterocycles. The smallest absolute Gasteiger partial charge is 0.307 e. The maximum Gasteiger partial charge on any atom is 0.307 e. The number of carbonyl (C=O) groups is 2. The second-order valence-electron chi connectivity index (χ2n) is 4.08. The fourth-order valence-electron chi connectivity index (χ4n) is 2.35. The van der Waals surface area contributed by atoms with E-state index in [1.807, 2.05) is 13.8 Å². The fraction of sp³-hybridized carbons (Fsp3) is 0.800. The summed E-state index contributed by atoms with van der Waals surface area (Å²) in [5.41, 5.74) is 0. The molecule has 1 aliphatic rings. The van der Waals surface area contributed by atoms with Crippen molar-refractivity contribution in [2.75, 3.05) is 0 Å². The van der Waals surface area contributed by atoms with E-state index in [-0.39, 0.29) is 23.7 Å². The molecule has 3 nitrogen and oxygen atoms in total. The zero-order valence-corrected chi connectivity index (χ0v) is 8.06. The van der Waals surface area contributed by atoms with Crippen LogP contribution in [0.5, 0.6) is 0 Å². The van der Waals surface area contributed by atoms with Crippen LogP contribution in [0.2, 0.25) is 0 Å². The highest BCUT2D eigenvalue weighted by Gasteiger charge is 2.40. The molecule has 0 aliphatic heterocycles. The third-order valence-electron chi connectivity index (χ3n) is 3.20. The molecule has 0 unspecified atom stereocenters. The van der Waals surface area contributed by atoms with Crippen LogP contribution < -0.4 is 0 Å². The normalized spacial score (nSPS) is 35.7. The Bertz CT molecular complexity index is 212. The van der Waals surface area contributed by atoms with Crippen LogP contribution in [0.25, 0.3) is 0 Å². The minimum absolute atomic E-state index is 0.0463. The molecule has 0 aromatic rings. The lowest BCUT2D eigenvalue weighted by atomic mass is 9.83. The van der Waals surface area contributed by atoms with E-state index in [2.05, 4.69) is 0 Å². The van der Waals surface area contributed by atoms with Gasteiger partial charge in [0, 0.05) is 5.92 Å². The summed E-state index contributed by atoms with van der Waals surface area (Å²) in [7, 11) is 0. The van der Waals surface area contributed by atoms with Crippen molar-refractivity contribution in [2.45, 2.75) is 26.7 Å². The minimum atomic E-state index is -0.747. The van der Waals surface area contributed by atoms with Crippen molar-refractivity contribution in [3.05, 3.63) is 0 Å². The number of hydrogen-bond donors (Lipinski definition) is 1. The monoisotopic (exact) mass is 184 g/mol. The van der Waals surface area contributed by atoms with Crippen molar-refractivity contribution in [1.29, 1.82) is 0 Å². The van der Waals surface area contributed by atoms with Gasteiger partial charge < -0.3 is 9.90 Å². The molecule has 0 amide bonds. The number of aliphatic carboxylic acids is 1. The number of hydrogen-bond acceptors (Lipinski definition) is 2. The summed E-state index contributed by atoms with van der Waals surface area (Å²) in [5, 5.41) is 8.98. The van der Waals surface area contributed by atoms with Gasteiger partial charge in [0.25, 0.3) is 0 Å². The minimum Gasteiger partial charge on any atom is -0.481 e. The average Bonchev–Trinajstić information content (AvgIpc) is 2.45. The molecule has 4 atom stereocenters. The van der Waals surface area contributed by atoms with Crippen LogP contribution in [0.1, 0.15) is 26.7 Å². The summed E-state index contributed by atoms with van der Waals surface area (Å²) in [4.78, 5) is 21.5. The lowest BCUT2D eigenvalue weighted by Crippen LogP contribution is -2.27. The van der Waals surface area contributed by atoms with Gasteiger partial charge in [0.15, 0.2) is 0 Å². The molecule has 13 heavy (non-hydrogen) atoms. The lowest BCUT2D eigenvalue weighted by Gasteiger charge is -2.20. The van der Waals surface area contributed by atoms with Gasteiger partial charge in [-0.3, -0.25) is 4.79 Å². The van der Waals surface area contributed by atoms with Crippen molar-refractivity contribution in [2.24, 2.45) is 23.7 Å². The zero-order valence-electron chi connectivity index (χ0n) is 8.06. The van der Waals surface area contributed by atoms with Gasteiger partial charge in [0.1, 0.15) is 6.29 Å². The molecule has 74 valence electrons. The maximum absolute atomic E-state index is 10.9.